The normalized spacial score (nSPS) is 10.8. The number of pyridine rings is 1. The number of nitrogen functional groups attached to an aromatic ring is 1. The number of anilines is 1. The molecule has 2 N–H and O–H groups in total. The first-order valence-electron chi connectivity index (χ1n) is 6.03. The van der Waals surface area contributed by atoms with Gasteiger partial charge in [-0.1, -0.05) is 12.1 Å². The van der Waals surface area contributed by atoms with E-state index in [1.807, 2.05) is 25.1 Å². The average Bonchev–Trinajstić information content (AvgIpc) is 3.05. The molecule has 3 aromatic rings. The minimum Gasteiger partial charge on any atom is -0.469 e. The van der Waals surface area contributed by atoms with Crippen molar-refractivity contribution in [2.75, 3.05) is 5.73 Å². The van der Waals surface area contributed by atoms with E-state index in [-0.39, 0.29) is 0 Å². The van der Waals surface area contributed by atoms with Crippen LogP contribution in [-0.4, -0.2) is 10.1 Å². The van der Waals surface area contributed by atoms with Gasteiger partial charge in [0.2, 0.25) is 5.88 Å². The van der Waals surface area contributed by atoms with Gasteiger partial charge in [0.05, 0.1) is 11.8 Å². The van der Waals surface area contributed by atoms with Gasteiger partial charge in [-0.15, -0.1) is 0 Å². The lowest BCUT2D eigenvalue weighted by atomic mass is 10.0. The Morgan fingerprint density at radius 2 is 2.00 bits per heavy atom. The highest BCUT2D eigenvalue weighted by atomic mass is 16.5. The van der Waals surface area contributed by atoms with Gasteiger partial charge in [-0.3, -0.25) is 4.98 Å². The number of hydrogen-bond acceptors (Lipinski definition) is 5. The van der Waals surface area contributed by atoms with Crippen molar-refractivity contribution in [3.8, 4) is 22.4 Å². The van der Waals surface area contributed by atoms with Crippen molar-refractivity contribution < 1.29 is 8.94 Å². The highest BCUT2D eigenvalue weighted by molar-refractivity contribution is 5.87. The van der Waals surface area contributed by atoms with Gasteiger partial charge in [0.15, 0.2) is 0 Å². The number of nitrogens with two attached hydrogens (primary N) is 1. The van der Waals surface area contributed by atoms with Gasteiger partial charge in [-0.25, -0.2) is 0 Å². The largest absolute Gasteiger partial charge is 0.469 e. The molecule has 0 amide bonds. The van der Waals surface area contributed by atoms with Crippen LogP contribution in [0.2, 0.25) is 0 Å². The third-order valence-electron chi connectivity index (χ3n) is 3.01. The Hall–Kier alpha value is -2.56. The molecule has 3 rings (SSSR count). The topological polar surface area (TPSA) is 78.1 Å². The van der Waals surface area contributed by atoms with E-state index in [4.69, 9.17) is 14.7 Å². The molecule has 3 aromatic heterocycles. The first-order chi connectivity index (χ1) is 9.31. The van der Waals surface area contributed by atoms with Gasteiger partial charge in [0.25, 0.3) is 0 Å². The van der Waals surface area contributed by atoms with Crippen LogP contribution in [0.1, 0.15) is 12.7 Å². The van der Waals surface area contributed by atoms with Crippen molar-refractivity contribution in [1.29, 1.82) is 0 Å². The van der Waals surface area contributed by atoms with Crippen molar-refractivity contribution in [2.24, 2.45) is 0 Å². The Labute approximate surface area is 110 Å². The Bertz CT molecular complexity index is 686. The van der Waals surface area contributed by atoms with Gasteiger partial charge in [-0.2, -0.15) is 0 Å². The summed E-state index contributed by atoms with van der Waals surface area (Å²) in [5, 5.41) is 4.06. The Kier molecular flexibility index (Phi) is 2.79. The zero-order valence-corrected chi connectivity index (χ0v) is 10.5. The minimum absolute atomic E-state index is 0.296. The number of aryl methyl sites for hydroxylation is 1. The van der Waals surface area contributed by atoms with Gasteiger partial charge in [-0.05, 0) is 23.8 Å². The smallest absolute Gasteiger partial charge is 0.230 e. The van der Waals surface area contributed by atoms with E-state index in [9.17, 15) is 0 Å². The Morgan fingerprint density at radius 1 is 1.21 bits per heavy atom. The molecule has 0 saturated heterocycles. The summed E-state index contributed by atoms with van der Waals surface area (Å²) in [6.07, 6.45) is 5.85. The molecule has 5 heteroatoms. The zero-order valence-electron chi connectivity index (χ0n) is 10.5. The number of nitrogens with zero attached hydrogens (tertiary/aromatic N) is 2. The molecule has 0 radical (unpaired) electrons. The fourth-order valence-corrected chi connectivity index (χ4v) is 2.11. The highest BCUT2D eigenvalue weighted by Crippen LogP contribution is 2.37. The summed E-state index contributed by atoms with van der Waals surface area (Å²) in [6.45, 7) is 2.03. The van der Waals surface area contributed by atoms with Crippen LogP contribution in [0.3, 0.4) is 0 Å². The second-order valence-electron chi connectivity index (χ2n) is 4.12. The van der Waals surface area contributed by atoms with Crippen LogP contribution in [-0.2, 0) is 6.42 Å². The summed E-state index contributed by atoms with van der Waals surface area (Å²) >= 11 is 0. The Morgan fingerprint density at radius 3 is 2.74 bits per heavy atom. The summed E-state index contributed by atoms with van der Waals surface area (Å²) in [5.74, 6) is 1.16. The maximum atomic E-state index is 5.89. The lowest BCUT2D eigenvalue weighted by Crippen LogP contribution is -1.89. The third-order valence-corrected chi connectivity index (χ3v) is 3.01. The monoisotopic (exact) mass is 255 g/mol. The predicted octanol–water partition coefficient (Wildman–Crippen LogP) is 3.14. The Balaban J connectivity index is 2.20. The molecule has 0 bridgehead atoms. The molecule has 0 aromatic carbocycles. The van der Waals surface area contributed by atoms with E-state index in [0.717, 1.165) is 28.9 Å². The second kappa shape index (κ2) is 4.61. The molecule has 19 heavy (non-hydrogen) atoms. The van der Waals surface area contributed by atoms with E-state index in [1.165, 1.54) is 0 Å². The van der Waals surface area contributed by atoms with Crippen LogP contribution in [0.25, 0.3) is 22.4 Å². The fourth-order valence-electron chi connectivity index (χ4n) is 2.11. The number of hydrogen-bond donors (Lipinski definition) is 1. The average molecular weight is 255 g/mol. The summed E-state index contributed by atoms with van der Waals surface area (Å²) in [6, 6.07) is 5.62. The van der Waals surface area contributed by atoms with Crippen LogP contribution in [0, 0.1) is 0 Å². The van der Waals surface area contributed by atoms with Crippen molar-refractivity contribution in [1.82, 2.24) is 10.1 Å². The molecular formula is C14H13N3O2. The zero-order chi connectivity index (χ0) is 13.2. The van der Waals surface area contributed by atoms with Crippen molar-refractivity contribution >= 4 is 5.88 Å². The van der Waals surface area contributed by atoms with Gasteiger partial charge < -0.3 is 14.7 Å². The first kappa shape index (κ1) is 11.5. The molecule has 0 aliphatic heterocycles. The summed E-state index contributed by atoms with van der Waals surface area (Å²) < 4.78 is 10.6. The van der Waals surface area contributed by atoms with Gasteiger partial charge in [0.1, 0.15) is 11.5 Å². The van der Waals surface area contributed by atoms with Crippen LogP contribution in [0.4, 0.5) is 5.88 Å². The molecule has 0 saturated carbocycles. The summed E-state index contributed by atoms with van der Waals surface area (Å²) in [7, 11) is 0. The van der Waals surface area contributed by atoms with Crippen molar-refractivity contribution in [3.63, 3.8) is 0 Å². The van der Waals surface area contributed by atoms with Crippen LogP contribution in [0.5, 0.6) is 0 Å². The van der Waals surface area contributed by atoms with E-state index in [2.05, 4.69) is 10.1 Å². The minimum atomic E-state index is 0.296. The maximum Gasteiger partial charge on any atom is 0.230 e. The van der Waals surface area contributed by atoms with Crippen molar-refractivity contribution in [3.05, 3.63) is 42.6 Å². The first-order valence-corrected chi connectivity index (χ1v) is 6.03. The molecule has 5 nitrogen and oxygen atoms in total. The van der Waals surface area contributed by atoms with Crippen LogP contribution < -0.4 is 5.73 Å². The third kappa shape index (κ3) is 1.89. The highest BCUT2D eigenvalue weighted by Gasteiger charge is 2.20. The molecule has 0 spiro atoms. The molecular weight excluding hydrogens is 242 g/mol. The number of furan rings is 1. The van der Waals surface area contributed by atoms with E-state index in [1.54, 1.807) is 18.7 Å². The lowest BCUT2D eigenvalue weighted by Gasteiger charge is -2.01. The maximum absolute atomic E-state index is 5.89. The quantitative estimate of drug-likeness (QED) is 0.777. The molecule has 3 heterocycles. The number of rotatable bonds is 3. The van der Waals surface area contributed by atoms with Crippen molar-refractivity contribution in [2.45, 2.75) is 13.3 Å². The lowest BCUT2D eigenvalue weighted by molar-refractivity contribution is 0.439. The standard InChI is InChI=1S/C14H13N3O2/c1-2-11-10(5-8-18-11)13-12(14(15)19-17-13)9-3-6-16-7-4-9/h3-8H,2,15H2,1H3. The SMILES string of the molecule is CCc1occc1-c1noc(N)c1-c1ccncc1. The van der Waals surface area contributed by atoms with Crippen LogP contribution >= 0.6 is 0 Å². The molecule has 0 fully saturated rings. The molecule has 96 valence electrons. The predicted molar refractivity (Wildman–Crippen MR) is 71.2 cm³/mol. The van der Waals surface area contributed by atoms with Gasteiger partial charge >= 0.3 is 0 Å². The fraction of sp³-hybridized carbons (Fsp3) is 0.143. The van der Waals surface area contributed by atoms with E-state index >= 15 is 0 Å². The molecule has 0 atom stereocenters. The van der Waals surface area contributed by atoms with Crippen LogP contribution in [0.15, 0.2) is 45.8 Å². The van der Waals surface area contributed by atoms with Gasteiger partial charge in [0, 0.05) is 24.4 Å². The molecule has 0 aliphatic carbocycles. The molecule has 0 unspecified atom stereocenters. The summed E-state index contributed by atoms with van der Waals surface area (Å²) in [4.78, 5) is 4.00. The van der Waals surface area contributed by atoms with E-state index < -0.39 is 0 Å². The second-order valence-corrected chi connectivity index (χ2v) is 4.12. The molecule has 0 aliphatic rings. The summed E-state index contributed by atoms with van der Waals surface area (Å²) in [5.41, 5.74) is 9.21. The van der Waals surface area contributed by atoms with E-state index in [0.29, 0.717) is 11.6 Å². The number of aromatic nitrogens is 2.